The van der Waals surface area contributed by atoms with Gasteiger partial charge in [-0.3, -0.25) is 4.79 Å². The molecule has 0 aliphatic carbocycles. The van der Waals surface area contributed by atoms with Crippen molar-refractivity contribution in [2.24, 2.45) is 0 Å². The van der Waals surface area contributed by atoms with Crippen molar-refractivity contribution in [2.45, 2.75) is 45.8 Å². The lowest BCUT2D eigenvalue weighted by Gasteiger charge is -2.23. The maximum Gasteiger partial charge on any atom is 0.408 e. The Labute approximate surface area is 158 Å². The van der Waals surface area contributed by atoms with E-state index in [2.05, 4.69) is 10.3 Å². The quantitative estimate of drug-likeness (QED) is 0.582. The third kappa shape index (κ3) is 5.81. The Morgan fingerprint density at radius 3 is 2.54 bits per heavy atom. The van der Waals surface area contributed by atoms with Crippen molar-refractivity contribution in [3.8, 4) is 10.4 Å². The van der Waals surface area contributed by atoms with Crippen molar-refractivity contribution < 1.29 is 14.3 Å². The van der Waals surface area contributed by atoms with Crippen LogP contribution in [0.3, 0.4) is 0 Å². The molecule has 0 saturated carbocycles. The number of aldehydes is 1. The van der Waals surface area contributed by atoms with Crippen LogP contribution in [0.1, 0.15) is 44.5 Å². The Kier molecular flexibility index (Phi) is 6.69. The molecule has 0 saturated heterocycles. The lowest BCUT2D eigenvalue weighted by Crippen LogP contribution is -2.34. The Morgan fingerprint density at radius 1 is 1.31 bits per heavy atom. The molecule has 2 aromatic rings. The first-order valence-electron chi connectivity index (χ1n) is 8.40. The first kappa shape index (κ1) is 19.8. The predicted octanol–water partition coefficient (Wildman–Crippen LogP) is 4.83. The van der Waals surface area contributed by atoms with Crippen LogP contribution in [-0.4, -0.2) is 23.0 Å². The van der Waals surface area contributed by atoms with E-state index in [1.54, 1.807) is 17.4 Å². The molecule has 0 bridgehead atoms. The number of hydrogen-bond acceptors (Lipinski definition) is 5. The zero-order chi connectivity index (χ0) is 19.2. The van der Waals surface area contributed by atoms with Gasteiger partial charge in [0.15, 0.2) is 0 Å². The maximum atomic E-state index is 12.1. The fraction of sp³-hybridized carbons (Fsp3) is 0.350. The van der Waals surface area contributed by atoms with Gasteiger partial charge in [0.2, 0.25) is 0 Å². The van der Waals surface area contributed by atoms with E-state index < -0.39 is 11.7 Å². The van der Waals surface area contributed by atoms with Crippen LogP contribution in [-0.2, 0) is 9.53 Å². The summed E-state index contributed by atoms with van der Waals surface area (Å²) >= 11 is 1.60. The van der Waals surface area contributed by atoms with Crippen molar-refractivity contribution in [1.29, 1.82) is 0 Å². The highest BCUT2D eigenvalue weighted by Gasteiger charge is 2.20. The van der Waals surface area contributed by atoms with E-state index in [-0.39, 0.29) is 6.04 Å². The average Bonchev–Trinajstić information content (AvgIpc) is 2.99. The van der Waals surface area contributed by atoms with Gasteiger partial charge in [-0.05, 0) is 51.3 Å². The molecule has 0 radical (unpaired) electrons. The molecular formula is C20H24N2O3S. The molecule has 1 atom stereocenters. The number of nitrogens with zero attached hydrogens (tertiary/aromatic N) is 1. The van der Waals surface area contributed by atoms with Crippen LogP contribution in [0.5, 0.6) is 0 Å². The van der Waals surface area contributed by atoms with Gasteiger partial charge in [-0.2, -0.15) is 0 Å². The standard InChI is InChI=1S/C20H24N2O3S/c1-14-18(26-13-21-14)16-10-8-15(9-11-16)17(7-5-6-12-23)22-19(24)25-20(2,3)4/h5-6,8-13,17H,7H2,1-4H3,(H,22,24)/b6-5+/t17-/m0/s1. The van der Waals surface area contributed by atoms with Crippen molar-refractivity contribution in [3.63, 3.8) is 0 Å². The van der Waals surface area contributed by atoms with Crippen LogP contribution in [0.2, 0.25) is 0 Å². The fourth-order valence-corrected chi connectivity index (χ4v) is 3.26. The Bertz CT molecular complexity index is 773. The number of nitrogens with one attached hydrogen (secondary N) is 1. The number of carbonyl (C=O) groups excluding carboxylic acids is 2. The summed E-state index contributed by atoms with van der Waals surface area (Å²) in [5.74, 6) is 0. The normalized spacial score (nSPS) is 12.8. The molecule has 5 nitrogen and oxygen atoms in total. The Balaban J connectivity index is 2.18. The number of aromatic nitrogens is 1. The number of amides is 1. The number of aryl methyl sites for hydroxylation is 1. The molecule has 138 valence electrons. The van der Waals surface area contributed by atoms with Crippen molar-refractivity contribution in [1.82, 2.24) is 10.3 Å². The molecule has 26 heavy (non-hydrogen) atoms. The minimum absolute atomic E-state index is 0.280. The summed E-state index contributed by atoms with van der Waals surface area (Å²) in [5, 5.41) is 2.88. The number of allylic oxidation sites excluding steroid dienone is 1. The molecule has 6 heteroatoms. The first-order chi connectivity index (χ1) is 12.3. The van der Waals surface area contributed by atoms with E-state index in [9.17, 15) is 9.59 Å². The largest absolute Gasteiger partial charge is 0.444 e. The van der Waals surface area contributed by atoms with E-state index in [0.29, 0.717) is 6.42 Å². The van der Waals surface area contributed by atoms with Crippen LogP contribution in [0.15, 0.2) is 41.9 Å². The van der Waals surface area contributed by atoms with Gasteiger partial charge in [-0.25, -0.2) is 9.78 Å². The van der Waals surface area contributed by atoms with Crippen LogP contribution in [0.25, 0.3) is 10.4 Å². The summed E-state index contributed by atoms with van der Waals surface area (Å²) in [5.41, 5.74) is 4.29. The summed E-state index contributed by atoms with van der Waals surface area (Å²) in [4.78, 5) is 28.1. The molecule has 1 aromatic carbocycles. The van der Waals surface area contributed by atoms with Crippen LogP contribution >= 0.6 is 11.3 Å². The minimum atomic E-state index is -0.569. The average molecular weight is 372 g/mol. The highest BCUT2D eigenvalue weighted by Crippen LogP contribution is 2.29. The lowest BCUT2D eigenvalue weighted by molar-refractivity contribution is -0.104. The van der Waals surface area contributed by atoms with Crippen molar-refractivity contribution in [2.75, 3.05) is 0 Å². The van der Waals surface area contributed by atoms with Gasteiger partial charge in [0.1, 0.15) is 11.9 Å². The third-order valence-corrected chi connectivity index (χ3v) is 4.58. The van der Waals surface area contributed by atoms with Gasteiger partial charge >= 0.3 is 6.09 Å². The molecule has 2 rings (SSSR count). The molecular weight excluding hydrogens is 348 g/mol. The van der Waals surface area contributed by atoms with Crippen molar-refractivity contribution in [3.05, 3.63) is 53.2 Å². The smallest absolute Gasteiger partial charge is 0.408 e. The van der Waals surface area contributed by atoms with Crippen LogP contribution in [0.4, 0.5) is 4.79 Å². The zero-order valence-electron chi connectivity index (χ0n) is 15.5. The van der Waals surface area contributed by atoms with E-state index in [1.807, 2.05) is 57.5 Å². The monoisotopic (exact) mass is 372 g/mol. The molecule has 1 aromatic heterocycles. The Hall–Kier alpha value is -2.47. The second-order valence-corrected chi connectivity index (χ2v) is 7.74. The van der Waals surface area contributed by atoms with Gasteiger partial charge < -0.3 is 10.1 Å². The van der Waals surface area contributed by atoms with E-state index >= 15 is 0 Å². The first-order valence-corrected chi connectivity index (χ1v) is 9.28. The molecule has 0 fully saturated rings. The molecule has 0 aliphatic heterocycles. The number of carbonyl (C=O) groups is 2. The molecule has 0 aliphatic rings. The number of hydrogen-bond donors (Lipinski definition) is 1. The topological polar surface area (TPSA) is 68.3 Å². The maximum absolute atomic E-state index is 12.1. The highest BCUT2D eigenvalue weighted by atomic mass is 32.1. The molecule has 1 amide bonds. The second-order valence-electron chi connectivity index (χ2n) is 6.89. The third-order valence-electron chi connectivity index (χ3n) is 3.60. The number of ether oxygens (including phenoxy) is 1. The summed E-state index contributed by atoms with van der Waals surface area (Å²) in [6, 6.07) is 7.71. The molecule has 0 spiro atoms. The SMILES string of the molecule is Cc1ncsc1-c1ccc([C@H](C/C=C/C=O)NC(=O)OC(C)(C)C)cc1. The number of thiazole rings is 1. The van der Waals surface area contributed by atoms with E-state index in [1.165, 1.54) is 6.08 Å². The molecule has 1 heterocycles. The summed E-state index contributed by atoms with van der Waals surface area (Å²) in [6.45, 7) is 7.44. The minimum Gasteiger partial charge on any atom is -0.444 e. The van der Waals surface area contributed by atoms with Gasteiger partial charge in [-0.1, -0.05) is 30.3 Å². The highest BCUT2D eigenvalue weighted by molar-refractivity contribution is 7.13. The van der Waals surface area contributed by atoms with Gasteiger partial charge in [0.05, 0.1) is 22.1 Å². The summed E-state index contributed by atoms with van der Waals surface area (Å²) in [7, 11) is 0. The number of benzene rings is 1. The molecule has 1 N–H and O–H groups in total. The predicted molar refractivity (Wildman–Crippen MR) is 104 cm³/mol. The van der Waals surface area contributed by atoms with Gasteiger partial charge in [0, 0.05) is 0 Å². The molecule has 0 unspecified atom stereocenters. The summed E-state index contributed by atoms with van der Waals surface area (Å²) < 4.78 is 5.34. The van der Waals surface area contributed by atoms with Crippen molar-refractivity contribution >= 4 is 23.7 Å². The second kappa shape index (κ2) is 8.76. The van der Waals surface area contributed by atoms with Gasteiger partial charge in [0.25, 0.3) is 0 Å². The number of alkyl carbamates (subject to hydrolysis) is 1. The summed E-state index contributed by atoms with van der Waals surface area (Å²) in [6.07, 6.45) is 3.90. The zero-order valence-corrected chi connectivity index (χ0v) is 16.3. The van der Waals surface area contributed by atoms with E-state index in [0.717, 1.165) is 28.0 Å². The number of rotatable bonds is 6. The van der Waals surface area contributed by atoms with E-state index in [4.69, 9.17) is 4.74 Å². The fourth-order valence-electron chi connectivity index (χ4n) is 2.44. The van der Waals surface area contributed by atoms with Crippen LogP contribution < -0.4 is 5.32 Å². The Morgan fingerprint density at radius 2 is 2.00 bits per heavy atom. The lowest BCUT2D eigenvalue weighted by atomic mass is 10.0. The van der Waals surface area contributed by atoms with Crippen LogP contribution in [0, 0.1) is 6.92 Å². The van der Waals surface area contributed by atoms with Gasteiger partial charge in [-0.15, -0.1) is 11.3 Å².